The van der Waals surface area contributed by atoms with Gasteiger partial charge in [0.25, 0.3) is 0 Å². The molecule has 2 heterocycles. The Hall–Kier alpha value is -0.380. The smallest absolute Gasteiger partial charge is 0.0236 e. The summed E-state index contributed by atoms with van der Waals surface area (Å²) < 4.78 is 1.18. The zero-order valence-electron chi connectivity index (χ0n) is 11.0. The number of aryl methyl sites for hydroxylation is 1. The number of rotatable bonds is 2. The van der Waals surface area contributed by atoms with Gasteiger partial charge in [0.1, 0.15) is 0 Å². The lowest BCUT2D eigenvalue weighted by molar-refractivity contribution is 0.268. The van der Waals surface area contributed by atoms with E-state index in [4.69, 9.17) is 0 Å². The summed E-state index contributed by atoms with van der Waals surface area (Å²) in [6.07, 6.45) is 2.73. The molecule has 0 saturated carbocycles. The fourth-order valence-electron chi connectivity index (χ4n) is 3.38. The number of halogens is 1. The molecular weight excluding hydrogens is 288 g/mol. The third-order valence-electron chi connectivity index (χ3n) is 4.55. The van der Waals surface area contributed by atoms with Crippen molar-refractivity contribution in [3.8, 4) is 0 Å². The molecule has 2 nitrogen and oxygen atoms in total. The lowest BCUT2D eigenvalue weighted by atomic mass is 9.86. The molecule has 0 aromatic heterocycles. The monoisotopic (exact) mass is 308 g/mol. The van der Waals surface area contributed by atoms with E-state index in [9.17, 15) is 0 Å². The molecule has 0 radical (unpaired) electrons. The zero-order chi connectivity index (χ0) is 12.6. The molecule has 1 aromatic carbocycles. The first-order chi connectivity index (χ1) is 8.67. The highest BCUT2D eigenvalue weighted by Crippen LogP contribution is 2.36. The SMILES string of the molecule is Cc1cc(Br)ccc1CN1CCC2(CCNC2)C1. The third-order valence-corrected chi connectivity index (χ3v) is 5.04. The summed E-state index contributed by atoms with van der Waals surface area (Å²) in [4.78, 5) is 2.63. The van der Waals surface area contributed by atoms with Crippen LogP contribution in [0.15, 0.2) is 22.7 Å². The standard InChI is InChI=1S/C15H21BrN2/c1-12-8-14(16)3-2-13(12)9-18-7-5-15(11-18)4-6-17-10-15/h2-3,8,17H,4-7,9-11H2,1H3. The van der Waals surface area contributed by atoms with Crippen molar-refractivity contribution in [2.24, 2.45) is 5.41 Å². The summed E-state index contributed by atoms with van der Waals surface area (Å²) in [6.45, 7) is 8.30. The number of nitrogens with zero attached hydrogens (tertiary/aromatic N) is 1. The van der Waals surface area contributed by atoms with Crippen molar-refractivity contribution in [2.45, 2.75) is 26.3 Å². The molecule has 2 fully saturated rings. The maximum Gasteiger partial charge on any atom is 0.0236 e. The van der Waals surface area contributed by atoms with Gasteiger partial charge in [-0.1, -0.05) is 22.0 Å². The van der Waals surface area contributed by atoms with E-state index in [1.165, 1.54) is 54.6 Å². The van der Waals surface area contributed by atoms with Crippen molar-refractivity contribution >= 4 is 15.9 Å². The predicted molar refractivity (Wildman–Crippen MR) is 78.7 cm³/mol. The van der Waals surface area contributed by atoms with Crippen LogP contribution in [-0.4, -0.2) is 31.1 Å². The van der Waals surface area contributed by atoms with E-state index in [1.54, 1.807) is 0 Å². The number of likely N-dealkylation sites (tertiary alicyclic amines) is 1. The Labute approximate surface area is 118 Å². The first-order valence-electron chi connectivity index (χ1n) is 6.85. The maximum absolute atomic E-state index is 3.54. The predicted octanol–water partition coefficient (Wildman–Crippen LogP) is 2.94. The lowest BCUT2D eigenvalue weighted by Crippen LogP contribution is -2.29. The fraction of sp³-hybridized carbons (Fsp3) is 0.600. The third kappa shape index (κ3) is 2.49. The van der Waals surface area contributed by atoms with Gasteiger partial charge < -0.3 is 5.32 Å². The van der Waals surface area contributed by atoms with Crippen molar-refractivity contribution in [1.82, 2.24) is 10.2 Å². The quantitative estimate of drug-likeness (QED) is 0.903. The number of benzene rings is 1. The molecule has 98 valence electrons. The van der Waals surface area contributed by atoms with Crippen LogP contribution in [0.1, 0.15) is 24.0 Å². The highest BCUT2D eigenvalue weighted by atomic mass is 79.9. The second-order valence-electron chi connectivity index (χ2n) is 5.96. The van der Waals surface area contributed by atoms with Crippen LogP contribution in [0.5, 0.6) is 0 Å². The minimum atomic E-state index is 0.587. The van der Waals surface area contributed by atoms with E-state index >= 15 is 0 Å². The zero-order valence-corrected chi connectivity index (χ0v) is 12.6. The molecule has 1 aromatic rings. The molecule has 1 spiro atoms. The van der Waals surface area contributed by atoms with Gasteiger partial charge in [0.05, 0.1) is 0 Å². The van der Waals surface area contributed by atoms with E-state index in [0.717, 1.165) is 6.54 Å². The summed E-state index contributed by atoms with van der Waals surface area (Å²) in [7, 11) is 0. The van der Waals surface area contributed by atoms with Crippen LogP contribution in [0.2, 0.25) is 0 Å². The van der Waals surface area contributed by atoms with Gasteiger partial charge in [-0.2, -0.15) is 0 Å². The van der Waals surface area contributed by atoms with Crippen molar-refractivity contribution in [3.05, 3.63) is 33.8 Å². The average Bonchev–Trinajstić information content (AvgIpc) is 2.94. The second-order valence-corrected chi connectivity index (χ2v) is 6.87. The Morgan fingerprint density at radius 2 is 2.28 bits per heavy atom. The molecule has 3 rings (SSSR count). The summed E-state index contributed by atoms with van der Waals surface area (Å²) in [6, 6.07) is 6.64. The molecule has 18 heavy (non-hydrogen) atoms. The highest BCUT2D eigenvalue weighted by molar-refractivity contribution is 9.10. The second kappa shape index (κ2) is 4.95. The molecule has 2 saturated heterocycles. The van der Waals surface area contributed by atoms with Gasteiger partial charge in [0.15, 0.2) is 0 Å². The molecule has 2 aliphatic rings. The van der Waals surface area contributed by atoms with Gasteiger partial charge in [-0.25, -0.2) is 0 Å². The topological polar surface area (TPSA) is 15.3 Å². The van der Waals surface area contributed by atoms with Crippen molar-refractivity contribution in [3.63, 3.8) is 0 Å². The summed E-state index contributed by atoms with van der Waals surface area (Å²) >= 11 is 3.54. The summed E-state index contributed by atoms with van der Waals surface area (Å²) in [5, 5.41) is 3.53. The van der Waals surface area contributed by atoms with Crippen LogP contribution in [0.3, 0.4) is 0 Å². The molecule has 0 bridgehead atoms. The van der Waals surface area contributed by atoms with Gasteiger partial charge in [0, 0.05) is 24.1 Å². The molecule has 0 aliphatic carbocycles. The van der Waals surface area contributed by atoms with E-state index < -0.39 is 0 Å². The normalized spacial score (nSPS) is 28.3. The Morgan fingerprint density at radius 1 is 1.39 bits per heavy atom. The summed E-state index contributed by atoms with van der Waals surface area (Å²) in [5.74, 6) is 0. The molecule has 2 aliphatic heterocycles. The van der Waals surface area contributed by atoms with Crippen LogP contribution in [0.25, 0.3) is 0 Å². The Kier molecular flexibility index (Phi) is 3.48. The van der Waals surface area contributed by atoms with E-state index in [1.807, 2.05) is 0 Å². The first-order valence-corrected chi connectivity index (χ1v) is 7.64. The Bertz CT molecular complexity index is 438. The summed E-state index contributed by atoms with van der Waals surface area (Å²) in [5.41, 5.74) is 3.46. The molecular formula is C15H21BrN2. The molecule has 1 N–H and O–H groups in total. The van der Waals surface area contributed by atoms with Crippen LogP contribution in [0.4, 0.5) is 0 Å². The van der Waals surface area contributed by atoms with Gasteiger partial charge in [0.2, 0.25) is 0 Å². The van der Waals surface area contributed by atoms with E-state index in [0.29, 0.717) is 5.41 Å². The van der Waals surface area contributed by atoms with Crippen LogP contribution in [-0.2, 0) is 6.54 Å². The van der Waals surface area contributed by atoms with Gasteiger partial charge in [-0.15, -0.1) is 0 Å². The first kappa shape index (κ1) is 12.6. The Morgan fingerprint density at radius 3 is 3.00 bits per heavy atom. The molecule has 3 heteroatoms. The van der Waals surface area contributed by atoms with Crippen molar-refractivity contribution in [2.75, 3.05) is 26.2 Å². The van der Waals surface area contributed by atoms with Gasteiger partial charge in [-0.3, -0.25) is 4.90 Å². The fourth-order valence-corrected chi connectivity index (χ4v) is 3.86. The van der Waals surface area contributed by atoms with Crippen LogP contribution < -0.4 is 5.32 Å². The minimum absolute atomic E-state index is 0.587. The number of hydrogen-bond acceptors (Lipinski definition) is 2. The molecule has 1 unspecified atom stereocenters. The van der Waals surface area contributed by atoms with Crippen LogP contribution in [0, 0.1) is 12.3 Å². The van der Waals surface area contributed by atoms with Gasteiger partial charge >= 0.3 is 0 Å². The number of nitrogens with one attached hydrogen (secondary N) is 1. The van der Waals surface area contributed by atoms with E-state index in [-0.39, 0.29) is 0 Å². The van der Waals surface area contributed by atoms with Crippen molar-refractivity contribution in [1.29, 1.82) is 0 Å². The van der Waals surface area contributed by atoms with Crippen molar-refractivity contribution < 1.29 is 0 Å². The van der Waals surface area contributed by atoms with Crippen LogP contribution >= 0.6 is 15.9 Å². The maximum atomic E-state index is 3.54. The highest BCUT2D eigenvalue weighted by Gasteiger charge is 2.40. The average molecular weight is 309 g/mol. The largest absolute Gasteiger partial charge is 0.316 e. The minimum Gasteiger partial charge on any atom is -0.316 e. The van der Waals surface area contributed by atoms with E-state index in [2.05, 4.69) is 51.3 Å². The Balaban J connectivity index is 1.67. The number of hydrogen-bond donors (Lipinski definition) is 1. The molecule has 1 atom stereocenters. The molecule has 0 amide bonds. The van der Waals surface area contributed by atoms with Gasteiger partial charge in [-0.05, 0) is 61.5 Å². The lowest BCUT2D eigenvalue weighted by Gasteiger charge is -2.23.